The number of likely N-dealkylation sites (tertiary alicyclic amines) is 1. The van der Waals surface area contributed by atoms with Gasteiger partial charge in [0.15, 0.2) is 5.16 Å². The topological polar surface area (TPSA) is 92.4 Å². The molecule has 2 fully saturated rings. The number of benzene rings is 1. The first-order valence-electron chi connectivity index (χ1n) is 12.0. The van der Waals surface area contributed by atoms with Crippen molar-refractivity contribution in [3.05, 3.63) is 46.6 Å². The zero-order valence-corrected chi connectivity index (χ0v) is 21.2. The predicted molar refractivity (Wildman–Crippen MR) is 136 cm³/mol. The summed E-state index contributed by atoms with van der Waals surface area (Å²) in [5, 5.41) is 1.11. The van der Waals surface area contributed by atoms with Crippen molar-refractivity contribution in [2.45, 2.75) is 61.9 Å². The number of thioether (sulfide) groups is 1. The number of carbonyl (C=O) groups excluding carboxylic acids is 2. The molecule has 34 heavy (non-hydrogen) atoms. The number of amides is 2. The molecular weight excluding hydrogens is 470 g/mol. The zero-order valence-electron chi connectivity index (χ0n) is 19.6. The summed E-state index contributed by atoms with van der Waals surface area (Å²) >= 11 is 7.85. The van der Waals surface area contributed by atoms with Crippen molar-refractivity contribution in [1.29, 1.82) is 0 Å². The fraction of sp³-hybridized carbons (Fsp3) is 0.520. The van der Waals surface area contributed by atoms with Crippen molar-refractivity contribution in [2.24, 2.45) is 11.7 Å². The summed E-state index contributed by atoms with van der Waals surface area (Å²) in [5.74, 6) is 1.16. The third-order valence-electron chi connectivity index (χ3n) is 6.90. The van der Waals surface area contributed by atoms with Crippen LogP contribution in [0.3, 0.4) is 0 Å². The maximum Gasteiger partial charge on any atom is 0.253 e. The molecule has 0 atom stereocenters. The van der Waals surface area contributed by atoms with E-state index in [4.69, 9.17) is 22.3 Å². The molecule has 2 aliphatic rings. The second-order valence-corrected chi connectivity index (χ2v) is 10.5. The zero-order chi connectivity index (χ0) is 24.1. The van der Waals surface area contributed by atoms with Crippen LogP contribution in [0.15, 0.2) is 35.5 Å². The highest BCUT2D eigenvalue weighted by Crippen LogP contribution is 2.29. The Bertz CT molecular complexity index is 1000. The lowest BCUT2D eigenvalue weighted by atomic mass is 9.94. The van der Waals surface area contributed by atoms with Crippen LogP contribution >= 0.6 is 23.4 Å². The third kappa shape index (κ3) is 6.21. The van der Waals surface area contributed by atoms with Crippen molar-refractivity contribution < 1.29 is 9.59 Å². The Balaban J connectivity index is 1.34. The quantitative estimate of drug-likeness (QED) is 0.340. The first-order chi connectivity index (χ1) is 16.4. The van der Waals surface area contributed by atoms with Gasteiger partial charge in [-0.25, -0.2) is 9.97 Å². The van der Waals surface area contributed by atoms with Crippen LogP contribution < -0.4 is 10.6 Å². The number of nitrogens with two attached hydrogens (primary N) is 1. The number of aromatic nitrogens is 2. The molecule has 182 valence electrons. The fourth-order valence-electron chi connectivity index (χ4n) is 4.73. The maximum absolute atomic E-state index is 12.8. The van der Waals surface area contributed by atoms with E-state index in [2.05, 4.69) is 16.9 Å². The Kier molecular flexibility index (Phi) is 8.32. The van der Waals surface area contributed by atoms with Crippen LogP contribution in [0.5, 0.6) is 0 Å². The van der Waals surface area contributed by atoms with Crippen LogP contribution in [0.25, 0.3) is 0 Å². The molecule has 0 unspecified atom stereocenters. The van der Waals surface area contributed by atoms with Gasteiger partial charge in [0.25, 0.3) is 5.91 Å². The molecule has 0 radical (unpaired) electrons. The lowest BCUT2D eigenvalue weighted by molar-refractivity contribution is -0.123. The van der Waals surface area contributed by atoms with Gasteiger partial charge in [-0.15, -0.1) is 0 Å². The van der Waals surface area contributed by atoms with Crippen molar-refractivity contribution in [1.82, 2.24) is 14.9 Å². The number of halogens is 1. The highest BCUT2D eigenvalue weighted by Gasteiger charge is 2.26. The van der Waals surface area contributed by atoms with E-state index in [1.54, 1.807) is 4.90 Å². The van der Waals surface area contributed by atoms with Crippen LogP contribution in [-0.2, 0) is 10.5 Å². The average molecular weight is 502 g/mol. The number of rotatable bonds is 7. The van der Waals surface area contributed by atoms with Crippen LogP contribution in [0, 0.1) is 5.92 Å². The van der Waals surface area contributed by atoms with Crippen molar-refractivity contribution in [3.8, 4) is 0 Å². The first kappa shape index (κ1) is 24.8. The van der Waals surface area contributed by atoms with E-state index < -0.39 is 0 Å². The SMILES string of the molecule is CN(c1cc(Cl)nc(SCc2ccc(C(=O)N3CCC(C(N)=O)CC3)cc2)n1)C1CCCCC1. The van der Waals surface area contributed by atoms with Gasteiger partial charge in [0.05, 0.1) is 0 Å². The molecule has 1 aromatic heterocycles. The maximum atomic E-state index is 12.8. The number of hydrogen-bond donors (Lipinski definition) is 1. The summed E-state index contributed by atoms with van der Waals surface area (Å²) in [4.78, 5) is 37.3. The molecule has 7 nitrogen and oxygen atoms in total. The largest absolute Gasteiger partial charge is 0.369 e. The predicted octanol–water partition coefficient (Wildman–Crippen LogP) is 4.53. The minimum atomic E-state index is -0.273. The van der Waals surface area contributed by atoms with E-state index >= 15 is 0 Å². The Hall–Kier alpha value is -2.32. The Morgan fingerprint density at radius 3 is 2.41 bits per heavy atom. The molecule has 1 aliphatic heterocycles. The van der Waals surface area contributed by atoms with E-state index in [1.807, 2.05) is 30.3 Å². The summed E-state index contributed by atoms with van der Waals surface area (Å²) in [6, 6.07) is 10.0. The molecule has 1 saturated heterocycles. The molecule has 4 rings (SSSR count). The molecule has 0 spiro atoms. The van der Waals surface area contributed by atoms with Gasteiger partial charge in [0, 0.05) is 49.5 Å². The Morgan fingerprint density at radius 2 is 1.76 bits per heavy atom. The van der Waals surface area contributed by atoms with Crippen molar-refractivity contribution in [2.75, 3.05) is 25.0 Å². The highest BCUT2D eigenvalue weighted by atomic mass is 35.5. The molecule has 1 aliphatic carbocycles. The normalized spacial score (nSPS) is 17.5. The van der Waals surface area contributed by atoms with Gasteiger partial charge < -0.3 is 15.5 Å². The number of nitrogens with zero attached hydrogens (tertiary/aromatic N) is 4. The molecule has 2 aromatic rings. The van der Waals surface area contributed by atoms with Gasteiger partial charge in [0.1, 0.15) is 11.0 Å². The van der Waals surface area contributed by atoms with E-state index in [-0.39, 0.29) is 17.7 Å². The highest BCUT2D eigenvalue weighted by molar-refractivity contribution is 7.98. The summed E-state index contributed by atoms with van der Waals surface area (Å²) in [7, 11) is 2.09. The summed E-state index contributed by atoms with van der Waals surface area (Å²) in [5.41, 5.74) is 7.13. The van der Waals surface area contributed by atoms with Gasteiger partial charge in [-0.2, -0.15) is 0 Å². The molecule has 0 bridgehead atoms. The minimum Gasteiger partial charge on any atom is -0.369 e. The minimum absolute atomic E-state index is 0.00399. The molecule has 2 N–H and O–H groups in total. The second-order valence-electron chi connectivity index (χ2n) is 9.19. The monoisotopic (exact) mass is 501 g/mol. The van der Waals surface area contributed by atoms with Crippen LogP contribution in [-0.4, -0.2) is 52.9 Å². The van der Waals surface area contributed by atoms with E-state index in [9.17, 15) is 9.59 Å². The number of hydrogen-bond acceptors (Lipinski definition) is 6. The standard InChI is InChI=1S/C25H32ClN5O2S/c1-30(20-5-3-2-4-6-20)22-15-21(26)28-25(29-22)34-16-17-7-9-19(10-8-17)24(33)31-13-11-18(12-14-31)23(27)32/h7-10,15,18,20H,2-6,11-14,16H2,1H3,(H2,27,32). The van der Waals surface area contributed by atoms with Crippen LogP contribution in [0.1, 0.15) is 60.9 Å². The first-order valence-corrected chi connectivity index (χ1v) is 13.3. The lowest BCUT2D eigenvalue weighted by Crippen LogP contribution is -2.41. The molecule has 1 saturated carbocycles. The van der Waals surface area contributed by atoms with Gasteiger partial charge in [-0.05, 0) is 43.4 Å². The fourth-order valence-corrected chi connectivity index (χ4v) is 5.76. The average Bonchev–Trinajstić information content (AvgIpc) is 2.87. The number of anilines is 1. The van der Waals surface area contributed by atoms with Crippen LogP contribution in [0.2, 0.25) is 5.15 Å². The van der Waals surface area contributed by atoms with E-state index in [1.165, 1.54) is 43.9 Å². The van der Waals surface area contributed by atoms with Gasteiger partial charge >= 0.3 is 0 Å². The Morgan fingerprint density at radius 1 is 1.09 bits per heavy atom. The van der Waals surface area contributed by atoms with Crippen molar-refractivity contribution in [3.63, 3.8) is 0 Å². The molecule has 2 amide bonds. The summed E-state index contributed by atoms with van der Waals surface area (Å²) in [6.07, 6.45) is 7.48. The smallest absolute Gasteiger partial charge is 0.253 e. The number of piperidine rings is 1. The van der Waals surface area contributed by atoms with Gasteiger partial charge in [-0.3, -0.25) is 9.59 Å². The molecule has 1 aromatic carbocycles. The third-order valence-corrected chi connectivity index (χ3v) is 8.01. The molecule has 9 heteroatoms. The van der Waals surface area contributed by atoms with Crippen LogP contribution in [0.4, 0.5) is 5.82 Å². The number of carbonyl (C=O) groups is 2. The summed E-state index contributed by atoms with van der Waals surface area (Å²) in [6.45, 7) is 1.13. The van der Waals surface area contributed by atoms with Crippen molar-refractivity contribution >= 4 is 41.0 Å². The summed E-state index contributed by atoms with van der Waals surface area (Å²) < 4.78 is 0. The number of primary amides is 1. The second kappa shape index (κ2) is 11.4. The van der Waals surface area contributed by atoms with Gasteiger partial charge in [-0.1, -0.05) is 54.8 Å². The Labute approximate surface area is 210 Å². The molecular formula is C25H32ClN5O2S. The lowest BCUT2D eigenvalue weighted by Gasteiger charge is -2.32. The molecule has 2 heterocycles. The van der Waals surface area contributed by atoms with Gasteiger partial charge in [0.2, 0.25) is 5.91 Å². The van der Waals surface area contributed by atoms with E-state index in [0.29, 0.717) is 53.6 Å². The van der Waals surface area contributed by atoms with E-state index in [0.717, 1.165) is 11.4 Å².